The van der Waals surface area contributed by atoms with Gasteiger partial charge in [-0.05, 0) is 55.4 Å². The predicted octanol–water partition coefficient (Wildman–Crippen LogP) is 3.17. The number of nitro groups is 1. The van der Waals surface area contributed by atoms with E-state index in [2.05, 4.69) is 34.1 Å². The molecule has 8 nitrogen and oxygen atoms in total. The predicted molar refractivity (Wildman–Crippen MR) is 117 cm³/mol. The van der Waals surface area contributed by atoms with Gasteiger partial charge in [-0.25, -0.2) is 0 Å². The lowest BCUT2D eigenvalue weighted by Crippen LogP contribution is -2.32. The van der Waals surface area contributed by atoms with Gasteiger partial charge in [-0.15, -0.1) is 0 Å². The summed E-state index contributed by atoms with van der Waals surface area (Å²) in [5, 5.41) is 29.0. The summed E-state index contributed by atoms with van der Waals surface area (Å²) in [5.74, 6) is -0.208. The molecular formula is C22H28N4O4. The fourth-order valence-corrected chi connectivity index (χ4v) is 3.71. The van der Waals surface area contributed by atoms with Gasteiger partial charge in [0.2, 0.25) is 5.91 Å². The number of benzene rings is 2. The second kappa shape index (κ2) is 10.1. The van der Waals surface area contributed by atoms with Gasteiger partial charge in [-0.1, -0.05) is 18.2 Å². The number of anilines is 2. The Kier molecular flexibility index (Phi) is 7.24. The number of hydrogen-bond donors (Lipinski definition) is 4. The number of nitro benzene ring substituents is 1. The fraction of sp³-hybridized carbons (Fsp3) is 0.409. The van der Waals surface area contributed by atoms with E-state index in [0.29, 0.717) is 17.9 Å². The molecule has 0 fully saturated rings. The monoisotopic (exact) mass is 412 g/mol. The number of rotatable bonds is 9. The number of fused-ring (bicyclic) bond motifs is 1. The molecule has 1 aliphatic rings. The van der Waals surface area contributed by atoms with Crippen molar-refractivity contribution in [2.24, 2.45) is 0 Å². The van der Waals surface area contributed by atoms with E-state index >= 15 is 0 Å². The van der Waals surface area contributed by atoms with Crippen LogP contribution in [0.15, 0.2) is 36.4 Å². The van der Waals surface area contributed by atoms with Gasteiger partial charge in [-0.3, -0.25) is 14.9 Å². The SMILES string of the molecule is CC(NC(=O)CNc1cc([N+](=O)[O-])ccc1NCCO)c1ccc2c(c1)CCCC2. The summed E-state index contributed by atoms with van der Waals surface area (Å²) >= 11 is 0. The summed E-state index contributed by atoms with van der Waals surface area (Å²) < 4.78 is 0. The van der Waals surface area contributed by atoms with Gasteiger partial charge in [0.25, 0.3) is 5.69 Å². The van der Waals surface area contributed by atoms with Crippen molar-refractivity contribution < 1.29 is 14.8 Å². The molecule has 0 radical (unpaired) electrons. The molecule has 3 rings (SSSR count). The zero-order valence-corrected chi connectivity index (χ0v) is 17.1. The molecule has 1 unspecified atom stereocenters. The first kappa shape index (κ1) is 21.6. The van der Waals surface area contributed by atoms with Gasteiger partial charge < -0.3 is 21.1 Å². The average molecular weight is 412 g/mol. The number of carbonyl (C=O) groups is 1. The molecule has 0 saturated carbocycles. The van der Waals surface area contributed by atoms with E-state index in [1.165, 1.54) is 36.1 Å². The van der Waals surface area contributed by atoms with Crippen LogP contribution in [0.4, 0.5) is 17.1 Å². The largest absolute Gasteiger partial charge is 0.395 e. The summed E-state index contributed by atoms with van der Waals surface area (Å²) in [5.41, 5.74) is 4.80. The molecular weight excluding hydrogens is 384 g/mol. The zero-order chi connectivity index (χ0) is 21.5. The molecule has 0 bridgehead atoms. The standard InChI is InChI=1S/C22H28N4O4/c1-15(17-7-6-16-4-2-3-5-18(16)12-17)25-22(28)14-24-21-13-19(26(29)30)8-9-20(21)23-10-11-27/h6-9,12-13,15,23-24,27H,2-5,10-11,14H2,1H3,(H,25,28). The smallest absolute Gasteiger partial charge is 0.271 e. The normalized spacial score (nSPS) is 13.8. The lowest BCUT2D eigenvalue weighted by Gasteiger charge is -2.20. The number of aliphatic hydroxyl groups is 1. The van der Waals surface area contributed by atoms with Gasteiger partial charge in [0.05, 0.1) is 35.5 Å². The van der Waals surface area contributed by atoms with E-state index in [0.717, 1.165) is 18.4 Å². The maximum absolute atomic E-state index is 12.5. The maximum Gasteiger partial charge on any atom is 0.271 e. The summed E-state index contributed by atoms with van der Waals surface area (Å²) in [6.07, 6.45) is 4.64. The number of nitrogens with zero attached hydrogens (tertiary/aromatic N) is 1. The van der Waals surface area contributed by atoms with Crippen LogP contribution < -0.4 is 16.0 Å². The van der Waals surface area contributed by atoms with Gasteiger partial charge >= 0.3 is 0 Å². The third kappa shape index (κ3) is 5.48. The molecule has 1 aliphatic carbocycles. The highest BCUT2D eigenvalue weighted by molar-refractivity contribution is 5.83. The first-order valence-electron chi connectivity index (χ1n) is 10.3. The van der Waals surface area contributed by atoms with E-state index in [1.54, 1.807) is 6.07 Å². The minimum absolute atomic E-state index is 0.0236. The van der Waals surface area contributed by atoms with Gasteiger partial charge in [-0.2, -0.15) is 0 Å². The van der Waals surface area contributed by atoms with E-state index in [4.69, 9.17) is 5.11 Å². The average Bonchev–Trinajstić information content (AvgIpc) is 2.76. The van der Waals surface area contributed by atoms with Crippen molar-refractivity contribution in [3.63, 3.8) is 0 Å². The minimum Gasteiger partial charge on any atom is -0.395 e. The molecule has 2 aromatic carbocycles. The molecule has 0 heterocycles. The topological polar surface area (TPSA) is 117 Å². The molecule has 0 saturated heterocycles. The number of non-ortho nitro benzene ring substituents is 1. The quantitative estimate of drug-likeness (QED) is 0.371. The van der Waals surface area contributed by atoms with Crippen molar-refractivity contribution in [1.29, 1.82) is 0 Å². The molecule has 0 aromatic heterocycles. The molecule has 2 aromatic rings. The number of hydrogen-bond acceptors (Lipinski definition) is 6. The molecule has 0 aliphatic heterocycles. The van der Waals surface area contributed by atoms with E-state index < -0.39 is 4.92 Å². The number of aryl methyl sites for hydroxylation is 2. The van der Waals surface area contributed by atoms with Crippen LogP contribution >= 0.6 is 0 Å². The van der Waals surface area contributed by atoms with Gasteiger partial charge in [0.1, 0.15) is 0 Å². The third-order valence-electron chi connectivity index (χ3n) is 5.33. The first-order chi connectivity index (χ1) is 14.5. The van der Waals surface area contributed by atoms with E-state index in [-0.39, 0.29) is 30.8 Å². The van der Waals surface area contributed by atoms with E-state index in [1.807, 2.05) is 6.92 Å². The van der Waals surface area contributed by atoms with Crippen molar-refractivity contribution in [3.8, 4) is 0 Å². The Labute approximate surface area is 175 Å². The van der Waals surface area contributed by atoms with Crippen LogP contribution in [0.2, 0.25) is 0 Å². The molecule has 1 amide bonds. The molecule has 4 N–H and O–H groups in total. The van der Waals surface area contributed by atoms with Gasteiger partial charge in [0, 0.05) is 18.7 Å². The molecule has 1 atom stereocenters. The highest BCUT2D eigenvalue weighted by Gasteiger charge is 2.15. The van der Waals surface area contributed by atoms with E-state index in [9.17, 15) is 14.9 Å². The zero-order valence-electron chi connectivity index (χ0n) is 17.1. The summed E-state index contributed by atoms with van der Waals surface area (Å²) in [7, 11) is 0. The molecule has 0 spiro atoms. The molecule has 8 heteroatoms. The van der Waals surface area contributed by atoms with Crippen LogP contribution in [0, 0.1) is 10.1 Å². The Morgan fingerprint density at radius 1 is 1.10 bits per heavy atom. The second-order valence-corrected chi connectivity index (χ2v) is 7.52. The summed E-state index contributed by atoms with van der Waals surface area (Å²) in [6, 6.07) is 10.6. The second-order valence-electron chi connectivity index (χ2n) is 7.52. The van der Waals surface area contributed by atoms with Crippen LogP contribution in [0.1, 0.15) is 42.5 Å². The summed E-state index contributed by atoms with van der Waals surface area (Å²) in [6.45, 7) is 2.15. The van der Waals surface area contributed by atoms with Crippen LogP contribution in [0.5, 0.6) is 0 Å². The Morgan fingerprint density at radius 3 is 2.60 bits per heavy atom. The van der Waals surface area contributed by atoms with Gasteiger partial charge in [0.15, 0.2) is 0 Å². The maximum atomic E-state index is 12.5. The number of aliphatic hydroxyl groups excluding tert-OH is 1. The Morgan fingerprint density at radius 2 is 1.87 bits per heavy atom. The Hall–Kier alpha value is -3.13. The highest BCUT2D eigenvalue weighted by Crippen LogP contribution is 2.27. The number of nitrogens with one attached hydrogen (secondary N) is 3. The van der Waals surface area contributed by atoms with Crippen molar-refractivity contribution in [2.45, 2.75) is 38.6 Å². The van der Waals surface area contributed by atoms with Crippen molar-refractivity contribution >= 4 is 23.0 Å². The minimum atomic E-state index is -0.487. The number of carbonyl (C=O) groups excluding carboxylic acids is 1. The number of amides is 1. The summed E-state index contributed by atoms with van der Waals surface area (Å²) in [4.78, 5) is 23.0. The van der Waals surface area contributed by atoms with Crippen LogP contribution in [0.3, 0.4) is 0 Å². The third-order valence-corrected chi connectivity index (χ3v) is 5.33. The van der Waals surface area contributed by atoms with Crippen LogP contribution in [-0.4, -0.2) is 35.6 Å². The fourth-order valence-electron chi connectivity index (χ4n) is 3.71. The molecule has 30 heavy (non-hydrogen) atoms. The Balaban J connectivity index is 1.62. The Bertz CT molecular complexity index is 916. The lowest BCUT2D eigenvalue weighted by molar-refractivity contribution is -0.384. The lowest BCUT2D eigenvalue weighted by atomic mass is 9.89. The van der Waals surface area contributed by atoms with Crippen molar-refractivity contribution in [2.75, 3.05) is 30.3 Å². The molecule has 160 valence electrons. The van der Waals surface area contributed by atoms with Crippen molar-refractivity contribution in [3.05, 3.63) is 63.2 Å². The highest BCUT2D eigenvalue weighted by atomic mass is 16.6. The van der Waals surface area contributed by atoms with Crippen LogP contribution in [0.25, 0.3) is 0 Å². The first-order valence-corrected chi connectivity index (χ1v) is 10.3. The van der Waals surface area contributed by atoms with Crippen molar-refractivity contribution in [1.82, 2.24) is 5.32 Å². The van der Waals surface area contributed by atoms with Crippen LogP contribution in [-0.2, 0) is 17.6 Å².